The molecule has 3 nitrogen and oxygen atoms in total. The number of nitrogens with zero attached hydrogens (tertiary/aromatic N) is 1. The normalized spacial score (nSPS) is 17.2. The van der Waals surface area contributed by atoms with Crippen molar-refractivity contribution in [2.45, 2.75) is 45.8 Å². The Hall–Kier alpha value is -1.09. The molecule has 1 aliphatic rings. The van der Waals surface area contributed by atoms with Gasteiger partial charge in [0, 0.05) is 12.2 Å². The maximum Gasteiger partial charge on any atom is 0.138 e. The SMILES string of the molecule is CCNC(c1cncc(OC(C)C)c1)C1CC1. The molecular weight excluding hydrogens is 212 g/mol. The maximum absolute atomic E-state index is 5.69. The largest absolute Gasteiger partial charge is 0.489 e. The van der Waals surface area contributed by atoms with Crippen LogP contribution in [0.25, 0.3) is 0 Å². The molecule has 1 aliphatic carbocycles. The van der Waals surface area contributed by atoms with Gasteiger partial charge in [-0.2, -0.15) is 0 Å². The van der Waals surface area contributed by atoms with Crippen molar-refractivity contribution < 1.29 is 4.74 Å². The number of nitrogens with one attached hydrogen (secondary N) is 1. The Morgan fingerprint density at radius 3 is 2.76 bits per heavy atom. The van der Waals surface area contributed by atoms with Crippen molar-refractivity contribution >= 4 is 0 Å². The quantitative estimate of drug-likeness (QED) is 0.821. The Kier molecular flexibility index (Phi) is 4.00. The summed E-state index contributed by atoms with van der Waals surface area (Å²) in [5, 5.41) is 3.55. The van der Waals surface area contributed by atoms with E-state index >= 15 is 0 Å². The molecule has 1 aromatic rings. The lowest BCUT2D eigenvalue weighted by molar-refractivity contribution is 0.241. The van der Waals surface area contributed by atoms with Gasteiger partial charge in [0.25, 0.3) is 0 Å². The summed E-state index contributed by atoms with van der Waals surface area (Å²) in [5.41, 5.74) is 1.26. The molecule has 2 rings (SSSR count). The van der Waals surface area contributed by atoms with Gasteiger partial charge in [0.2, 0.25) is 0 Å². The Morgan fingerprint density at radius 2 is 2.18 bits per heavy atom. The molecule has 17 heavy (non-hydrogen) atoms. The molecule has 1 saturated carbocycles. The Balaban J connectivity index is 2.12. The predicted octanol–water partition coefficient (Wildman–Crippen LogP) is 2.93. The number of hydrogen-bond donors (Lipinski definition) is 1. The van der Waals surface area contributed by atoms with E-state index in [1.807, 2.05) is 20.0 Å². The molecule has 1 aromatic heterocycles. The van der Waals surface area contributed by atoms with E-state index in [0.717, 1.165) is 18.2 Å². The average molecular weight is 234 g/mol. The van der Waals surface area contributed by atoms with E-state index in [9.17, 15) is 0 Å². The monoisotopic (exact) mass is 234 g/mol. The molecule has 0 aromatic carbocycles. The lowest BCUT2D eigenvalue weighted by atomic mass is 10.0. The molecule has 0 amide bonds. The Labute approximate surface area is 104 Å². The van der Waals surface area contributed by atoms with Crippen LogP contribution in [0.2, 0.25) is 0 Å². The van der Waals surface area contributed by atoms with Crippen molar-refractivity contribution in [1.82, 2.24) is 10.3 Å². The number of hydrogen-bond acceptors (Lipinski definition) is 3. The van der Waals surface area contributed by atoms with Crippen LogP contribution in [0.3, 0.4) is 0 Å². The summed E-state index contributed by atoms with van der Waals surface area (Å²) < 4.78 is 5.69. The molecule has 1 heterocycles. The minimum atomic E-state index is 0.200. The summed E-state index contributed by atoms with van der Waals surface area (Å²) in [5.74, 6) is 1.66. The van der Waals surface area contributed by atoms with E-state index < -0.39 is 0 Å². The number of pyridine rings is 1. The second-order valence-electron chi connectivity index (χ2n) is 4.99. The molecule has 1 unspecified atom stereocenters. The fourth-order valence-corrected chi connectivity index (χ4v) is 2.15. The zero-order valence-corrected chi connectivity index (χ0v) is 10.9. The summed E-state index contributed by atoms with van der Waals surface area (Å²) in [4.78, 5) is 4.29. The lowest BCUT2D eigenvalue weighted by Crippen LogP contribution is -2.22. The summed E-state index contributed by atoms with van der Waals surface area (Å²) in [6, 6.07) is 2.57. The predicted molar refractivity (Wildman–Crippen MR) is 69.1 cm³/mol. The molecule has 0 saturated heterocycles. The molecular formula is C14H22N2O. The zero-order valence-electron chi connectivity index (χ0n) is 10.9. The number of ether oxygens (including phenoxy) is 1. The summed E-state index contributed by atoms with van der Waals surface area (Å²) in [6.45, 7) is 7.22. The first-order valence-corrected chi connectivity index (χ1v) is 6.55. The van der Waals surface area contributed by atoms with E-state index in [4.69, 9.17) is 4.74 Å². The molecule has 0 radical (unpaired) electrons. The first-order valence-electron chi connectivity index (χ1n) is 6.55. The molecule has 0 bridgehead atoms. The van der Waals surface area contributed by atoms with Gasteiger partial charge in [0.15, 0.2) is 0 Å². The molecule has 1 atom stereocenters. The van der Waals surface area contributed by atoms with E-state index in [2.05, 4.69) is 23.3 Å². The third-order valence-corrected chi connectivity index (χ3v) is 2.98. The molecule has 1 fully saturated rings. The second-order valence-corrected chi connectivity index (χ2v) is 4.99. The maximum atomic E-state index is 5.69. The molecule has 0 spiro atoms. The molecule has 3 heteroatoms. The summed E-state index contributed by atoms with van der Waals surface area (Å²) in [6.07, 6.45) is 6.60. The van der Waals surface area contributed by atoms with Gasteiger partial charge in [0.1, 0.15) is 5.75 Å². The first kappa shape index (κ1) is 12.4. The van der Waals surface area contributed by atoms with E-state index in [1.165, 1.54) is 18.4 Å². The Morgan fingerprint density at radius 1 is 1.41 bits per heavy atom. The summed E-state index contributed by atoms with van der Waals surface area (Å²) in [7, 11) is 0. The van der Waals surface area contributed by atoms with Gasteiger partial charge in [-0.3, -0.25) is 4.98 Å². The van der Waals surface area contributed by atoms with Gasteiger partial charge < -0.3 is 10.1 Å². The second kappa shape index (κ2) is 5.50. The highest BCUT2D eigenvalue weighted by molar-refractivity contribution is 5.27. The van der Waals surface area contributed by atoms with Crippen LogP contribution in [0.4, 0.5) is 0 Å². The van der Waals surface area contributed by atoms with Crippen molar-refractivity contribution in [3.05, 3.63) is 24.0 Å². The van der Waals surface area contributed by atoms with Gasteiger partial charge in [-0.15, -0.1) is 0 Å². The Bertz CT molecular complexity index is 361. The highest BCUT2D eigenvalue weighted by Crippen LogP contribution is 2.41. The lowest BCUT2D eigenvalue weighted by Gasteiger charge is -2.18. The molecule has 94 valence electrons. The van der Waals surface area contributed by atoms with E-state index in [-0.39, 0.29) is 6.10 Å². The standard InChI is InChI=1S/C14H22N2O/c1-4-16-14(11-5-6-11)12-7-13(9-15-8-12)17-10(2)3/h7-11,14,16H,4-6H2,1-3H3. The number of aromatic nitrogens is 1. The average Bonchev–Trinajstić information content (AvgIpc) is 3.09. The first-order chi connectivity index (χ1) is 8.20. The van der Waals surface area contributed by atoms with Gasteiger partial charge in [-0.05, 0) is 50.8 Å². The van der Waals surface area contributed by atoms with Gasteiger partial charge in [-0.1, -0.05) is 6.92 Å². The van der Waals surface area contributed by atoms with Gasteiger partial charge in [-0.25, -0.2) is 0 Å². The minimum Gasteiger partial charge on any atom is -0.489 e. The van der Waals surface area contributed by atoms with Crippen molar-refractivity contribution in [1.29, 1.82) is 0 Å². The van der Waals surface area contributed by atoms with Crippen molar-refractivity contribution in [2.24, 2.45) is 5.92 Å². The highest BCUT2D eigenvalue weighted by atomic mass is 16.5. The van der Waals surface area contributed by atoms with Gasteiger partial charge in [0.05, 0.1) is 12.3 Å². The highest BCUT2D eigenvalue weighted by Gasteiger charge is 2.32. The fourth-order valence-electron chi connectivity index (χ4n) is 2.15. The van der Waals surface area contributed by atoms with Crippen LogP contribution >= 0.6 is 0 Å². The molecule has 1 N–H and O–H groups in total. The summed E-state index contributed by atoms with van der Waals surface area (Å²) >= 11 is 0. The zero-order chi connectivity index (χ0) is 12.3. The van der Waals surface area contributed by atoms with Crippen molar-refractivity contribution in [3.8, 4) is 5.75 Å². The topological polar surface area (TPSA) is 34.2 Å². The van der Waals surface area contributed by atoms with E-state index in [0.29, 0.717) is 6.04 Å². The van der Waals surface area contributed by atoms with Crippen molar-refractivity contribution in [2.75, 3.05) is 6.54 Å². The third-order valence-electron chi connectivity index (χ3n) is 2.98. The minimum absolute atomic E-state index is 0.200. The van der Waals surface area contributed by atoms with Crippen LogP contribution < -0.4 is 10.1 Å². The van der Waals surface area contributed by atoms with Crippen LogP contribution in [0.1, 0.15) is 45.2 Å². The van der Waals surface area contributed by atoms with E-state index in [1.54, 1.807) is 6.20 Å². The van der Waals surface area contributed by atoms with Crippen molar-refractivity contribution in [3.63, 3.8) is 0 Å². The number of rotatable bonds is 6. The smallest absolute Gasteiger partial charge is 0.138 e. The van der Waals surface area contributed by atoms with Crippen LogP contribution in [0.5, 0.6) is 5.75 Å². The van der Waals surface area contributed by atoms with Crippen LogP contribution in [0, 0.1) is 5.92 Å². The van der Waals surface area contributed by atoms with Crippen LogP contribution in [0.15, 0.2) is 18.5 Å². The third kappa shape index (κ3) is 3.43. The van der Waals surface area contributed by atoms with Gasteiger partial charge >= 0.3 is 0 Å². The fraction of sp³-hybridized carbons (Fsp3) is 0.643. The molecule has 0 aliphatic heterocycles. The van der Waals surface area contributed by atoms with Crippen LogP contribution in [-0.4, -0.2) is 17.6 Å². The van der Waals surface area contributed by atoms with Crippen LogP contribution in [-0.2, 0) is 0 Å².